The number of methoxy groups -OCH3 is 1. The van der Waals surface area contributed by atoms with Crippen molar-refractivity contribution >= 4 is 17.3 Å². The molecule has 0 spiro atoms. The molecular formula is C12H18N2O2S. The van der Waals surface area contributed by atoms with Crippen LogP contribution in [0.1, 0.15) is 16.8 Å². The summed E-state index contributed by atoms with van der Waals surface area (Å²) in [7, 11) is 1.46. The first kappa shape index (κ1) is 12.5. The van der Waals surface area contributed by atoms with Crippen molar-refractivity contribution in [3.05, 3.63) is 16.1 Å². The predicted octanol–water partition coefficient (Wildman–Crippen LogP) is 1.69. The number of hydrogen-bond acceptors (Lipinski definition) is 5. The van der Waals surface area contributed by atoms with Crippen molar-refractivity contribution in [2.24, 2.45) is 11.8 Å². The van der Waals surface area contributed by atoms with Gasteiger partial charge in [-0.2, -0.15) is 0 Å². The number of rotatable bonds is 3. The van der Waals surface area contributed by atoms with Crippen LogP contribution < -0.4 is 0 Å². The predicted molar refractivity (Wildman–Crippen MR) is 66.8 cm³/mol. The molecule has 1 aromatic heterocycles. The summed E-state index contributed by atoms with van der Waals surface area (Å²) in [6.45, 7) is 6.77. The van der Waals surface area contributed by atoms with Gasteiger partial charge in [0.1, 0.15) is 0 Å². The van der Waals surface area contributed by atoms with Crippen molar-refractivity contribution in [1.82, 2.24) is 9.88 Å². The topological polar surface area (TPSA) is 42.4 Å². The lowest BCUT2D eigenvalue weighted by Crippen LogP contribution is -2.24. The van der Waals surface area contributed by atoms with Crippen LogP contribution in [0.3, 0.4) is 0 Å². The summed E-state index contributed by atoms with van der Waals surface area (Å²) < 4.78 is 4.83. The summed E-state index contributed by atoms with van der Waals surface area (Å²) in [6.07, 6.45) is 1.93. The van der Waals surface area contributed by atoms with E-state index < -0.39 is 0 Å². The van der Waals surface area contributed by atoms with Gasteiger partial charge in [0.15, 0.2) is 0 Å². The Labute approximate surface area is 106 Å². The zero-order chi connectivity index (χ0) is 12.4. The number of carbonyl (C=O) groups excluding carboxylic acids is 1. The van der Waals surface area contributed by atoms with Crippen molar-refractivity contribution in [3.8, 4) is 0 Å². The van der Waals surface area contributed by atoms with Crippen molar-refractivity contribution < 1.29 is 9.53 Å². The van der Waals surface area contributed by atoms with Gasteiger partial charge >= 0.3 is 5.97 Å². The fraction of sp³-hybridized carbons (Fsp3) is 0.667. The molecule has 2 atom stereocenters. The quantitative estimate of drug-likeness (QED) is 0.770. The Morgan fingerprint density at radius 2 is 2.41 bits per heavy atom. The Balaban J connectivity index is 1.95. The van der Waals surface area contributed by atoms with E-state index >= 15 is 0 Å². The standard InChI is InChI=1S/C12H18N2O2S/c1-8-5-14(7-11(8)12(15)16-3)6-10-4-13-9(2)17-10/h4,8,11H,5-7H2,1-3H3. The molecule has 0 aromatic carbocycles. The summed E-state index contributed by atoms with van der Waals surface area (Å²) in [5.41, 5.74) is 0. The lowest BCUT2D eigenvalue weighted by molar-refractivity contribution is -0.146. The number of nitrogens with zero attached hydrogens (tertiary/aromatic N) is 2. The van der Waals surface area contributed by atoms with E-state index in [1.165, 1.54) is 12.0 Å². The maximum absolute atomic E-state index is 11.6. The van der Waals surface area contributed by atoms with E-state index in [1.54, 1.807) is 11.3 Å². The van der Waals surface area contributed by atoms with Crippen molar-refractivity contribution in [2.75, 3.05) is 20.2 Å². The molecule has 0 N–H and O–H groups in total. The number of carbonyl (C=O) groups is 1. The zero-order valence-electron chi connectivity index (χ0n) is 10.5. The molecule has 4 nitrogen and oxygen atoms in total. The Kier molecular flexibility index (Phi) is 3.79. The van der Waals surface area contributed by atoms with E-state index in [4.69, 9.17) is 4.74 Å². The second-order valence-corrected chi connectivity index (χ2v) is 5.97. The monoisotopic (exact) mass is 254 g/mol. The van der Waals surface area contributed by atoms with Crippen LogP contribution in [0.5, 0.6) is 0 Å². The van der Waals surface area contributed by atoms with Gasteiger partial charge in [-0.15, -0.1) is 11.3 Å². The van der Waals surface area contributed by atoms with Crippen molar-refractivity contribution in [1.29, 1.82) is 0 Å². The molecule has 1 saturated heterocycles. The molecule has 1 aromatic rings. The largest absolute Gasteiger partial charge is 0.469 e. The fourth-order valence-corrected chi connectivity index (χ4v) is 3.19. The average molecular weight is 254 g/mol. The third-order valence-corrected chi connectivity index (χ3v) is 4.14. The summed E-state index contributed by atoms with van der Waals surface area (Å²) in [4.78, 5) is 19.4. The van der Waals surface area contributed by atoms with Gasteiger partial charge in [0.2, 0.25) is 0 Å². The van der Waals surface area contributed by atoms with E-state index in [2.05, 4.69) is 16.8 Å². The minimum atomic E-state index is -0.0829. The van der Waals surface area contributed by atoms with Gasteiger partial charge in [-0.25, -0.2) is 4.98 Å². The number of ether oxygens (including phenoxy) is 1. The smallest absolute Gasteiger partial charge is 0.310 e. The first-order chi connectivity index (χ1) is 8.10. The van der Waals surface area contributed by atoms with Gasteiger partial charge in [0, 0.05) is 30.7 Å². The number of likely N-dealkylation sites (tertiary alicyclic amines) is 1. The molecule has 1 aliphatic heterocycles. The second kappa shape index (κ2) is 5.14. The lowest BCUT2D eigenvalue weighted by atomic mass is 9.99. The van der Waals surface area contributed by atoms with Gasteiger partial charge in [0.05, 0.1) is 18.0 Å². The molecule has 0 aliphatic carbocycles. The first-order valence-corrected chi connectivity index (χ1v) is 6.63. The van der Waals surface area contributed by atoms with Crippen molar-refractivity contribution in [3.63, 3.8) is 0 Å². The van der Waals surface area contributed by atoms with Crippen LogP contribution in [0.4, 0.5) is 0 Å². The van der Waals surface area contributed by atoms with Crippen LogP contribution in [0.2, 0.25) is 0 Å². The second-order valence-electron chi connectivity index (χ2n) is 4.65. The molecule has 5 heteroatoms. The molecule has 0 bridgehead atoms. The third-order valence-electron chi connectivity index (χ3n) is 3.24. The van der Waals surface area contributed by atoms with Crippen LogP contribution in [0.15, 0.2) is 6.20 Å². The number of esters is 1. The molecule has 1 aliphatic rings. The van der Waals surface area contributed by atoms with E-state index in [1.807, 2.05) is 13.1 Å². The Hall–Kier alpha value is -0.940. The lowest BCUT2D eigenvalue weighted by Gasteiger charge is -2.13. The van der Waals surface area contributed by atoms with Crippen molar-refractivity contribution in [2.45, 2.75) is 20.4 Å². The van der Waals surface area contributed by atoms with E-state index in [9.17, 15) is 4.79 Å². The van der Waals surface area contributed by atoms with Crippen LogP contribution >= 0.6 is 11.3 Å². The first-order valence-electron chi connectivity index (χ1n) is 5.81. The van der Waals surface area contributed by atoms with Gasteiger partial charge in [-0.1, -0.05) is 6.92 Å². The third kappa shape index (κ3) is 2.84. The minimum absolute atomic E-state index is 0.0222. The van der Waals surface area contributed by atoms with Crippen LogP contribution in [0.25, 0.3) is 0 Å². The number of hydrogen-bond donors (Lipinski definition) is 0. The number of thiazole rings is 1. The average Bonchev–Trinajstić information content (AvgIpc) is 2.85. The molecule has 2 heterocycles. The summed E-state index contributed by atoms with van der Waals surface area (Å²) in [6, 6.07) is 0. The van der Waals surface area contributed by atoms with Gasteiger partial charge in [-0.05, 0) is 12.8 Å². The van der Waals surface area contributed by atoms with Crippen LogP contribution in [-0.2, 0) is 16.1 Å². The summed E-state index contributed by atoms with van der Waals surface area (Å²) >= 11 is 1.72. The molecule has 2 rings (SSSR count). The molecule has 0 amide bonds. The van der Waals surface area contributed by atoms with Crippen LogP contribution in [0, 0.1) is 18.8 Å². The highest BCUT2D eigenvalue weighted by Crippen LogP contribution is 2.26. The van der Waals surface area contributed by atoms with E-state index in [0.717, 1.165) is 24.6 Å². The Morgan fingerprint density at radius 1 is 1.65 bits per heavy atom. The molecule has 2 unspecified atom stereocenters. The molecule has 0 radical (unpaired) electrons. The Bertz CT molecular complexity index is 405. The highest BCUT2D eigenvalue weighted by molar-refractivity contribution is 7.11. The Morgan fingerprint density at radius 3 is 3.00 bits per heavy atom. The number of aryl methyl sites for hydroxylation is 1. The minimum Gasteiger partial charge on any atom is -0.469 e. The zero-order valence-corrected chi connectivity index (χ0v) is 11.3. The van der Waals surface area contributed by atoms with E-state index in [0.29, 0.717) is 5.92 Å². The van der Waals surface area contributed by atoms with Gasteiger partial charge in [0.25, 0.3) is 0 Å². The molecule has 1 fully saturated rings. The van der Waals surface area contributed by atoms with Crippen LogP contribution in [-0.4, -0.2) is 36.1 Å². The highest BCUT2D eigenvalue weighted by atomic mass is 32.1. The molecule has 17 heavy (non-hydrogen) atoms. The molecule has 0 saturated carbocycles. The van der Waals surface area contributed by atoms with Gasteiger partial charge < -0.3 is 4.74 Å². The normalized spacial score (nSPS) is 25.1. The fourth-order valence-electron chi connectivity index (χ4n) is 2.35. The highest BCUT2D eigenvalue weighted by Gasteiger charge is 2.35. The maximum atomic E-state index is 11.6. The SMILES string of the molecule is COC(=O)C1CN(Cc2cnc(C)s2)CC1C. The number of aromatic nitrogens is 1. The maximum Gasteiger partial charge on any atom is 0.310 e. The molecule has 94 valence electrons. The summed E-state index contributed by atoms with van der Waals surface area (Å²) in [5.74, 6) is 0.311. The van der Waals surface area contributed by atoms with Gasteiger partial charge in [-0.3, -0.25) is 9.69 Å². The summed E-state index contributed by atoms with van der Waals surface area (Å²) in [5, 5.41) is 1.09. The van der Waals surface area contributed by atoms with E-state index in [-0.39, 0.29) is 11.9 Å². The molecular weight excluding hydrogens is 236 g/mol.